The monoisotopic (exact) mass is 458 g/mol. The minimum atomic E-state index is -0.478. The van der Waals surface area contributed by atoms with Crippen LogP contribution in [0.25, 0.3) is 11.8 Å². The molecule has 0 radical (unpaired) electrons. The maximum atomic E-state index is 11.1. The van der Waals surface area contributed by atoms with E-state index in [4.69, 9.17) is 33.0 Å². The van der Waals surface area contributed by atoms with Gasteiger partial charge in [0.1, 0.15) is 23.9 Å². The molecule has 2 heterocycles. The van der Waals surface area contributed by atoms with Gasteiger partial charge in [-0.2, -0.15) is 5.10 Å². The molecule has 31 heavy (non-hydrogen) atoms. The number of rotatable bonds is 7. The zero-order chi connectivity index (χ0) is 21.8. The molecule has 4 rings (SSSR count). The van der Waals surface area contributed by atoms with Crippen molar-refractivity contribution in [2.24, 2.45) is 0 Å². The lowest BCUT2D eigenvalue weighted by atomic mass is 10.2. The van der Waals surface area contributed by atoms with Crippen LogP contribution in [0.3, 0.4) is 0 Å². The largest absolute Gasteiger partial charge is 0.486 e. The van der Waals surface area contributed by atoms with Gasteiger partial charge in [-0.15, -0.1) is 0 Å². The molecule has 0 bridgehead atoms. The number of para-hydroxylation sites is 1. The lowest BCUT2D eigenvalue weighted by Gasteiger charge is -2.20. The van der Waals surface area contributed by atoms with Gasteiger partial charge in [-0.1, -0.05) is 41.4 Å². The van der Waals surface area contributed by atoms with Crippen molar-refractivity contribution in [1.29, 1.82) is 0 Å². The van der Waals surface area contributed by atoms with Gasteiger partial charge in [0.25, 0.3) is 0 Å². The Hall–Kier alpha value is -3.03. The third-order valence-electron chi connectivity index (χ3n) is 5.00. The van der Waals surface area contributed by atoms with Crippen LogP contribution in [-0.2, 0) is 6.61 Å². The number of hydrogen-bond donors (Lipinski definition) is 0. The third-order valence-corrected chi connectivity index (χ3v) is 5.53. The fourth-order valence-electron chi connectivity index (χ4n) is 3.60. The molecule has 2 aromatic carbocycles. The molecular formula is C22H20Cl2N4O3. The Morgan fingerprint density at radius 1 is 1.13 bits per heavy atom. The molecule has 0 N–H and O–H groups in total. The zero-order valence-corrected chi connectivity index (χ0v) is 18.1. The quantitative estimate of drug-likeness (QED) is 0.340. The van der Waals surface area contributed by atoms with E-state index in [-0.39, 0.29) is 6.61 Å². The van der Waals surface area contributed by atoms with Crippen LogP contribution in [0, 0.1) is 10.1 Å². The molecule has 1 aliphatic heterocycles. The number of nitrogens with zero attached hydrogens (tertiary/aromatic N) is 4. The average Bonchev–Trinajstić information content (AvgIpc) is 3.40. The van der Waals surface area contributed by atoms with E-state index in [2.05, 4.69) is 4.90 Å². The second kappa shape index (κ2) is 9.41. The molecule has 1 aromatic heterocycles. The molecule has 0 spiro atoms. The second-order valence-electron chi connectivity index (χ2n) is 7.09. The Labute approximate surface area is 189 Å². The second-order valence-corrected chi connectivity index (χ2v) is 7.93. The maximum Gasteiger partial charge on any atom is 0.235 e. The smallest absolute Gasteiger partial charge is 0.235 e. The number of halogens is 2. The lowest BCUT2D eigenvalue weighted by molar-refractivity contribution is -0.400. The molecule has 0 aliphatic carbocycles. The van der Waals surface area contributed by atoms with Crippen molar-refractivity contribution in [3.63, 3.8) is 0 Å². The van der Waals surface area contributed by atoms with Gasteiger partial charge in [0.15, 0.2) is 0 Å². The lowest BCUT2D eigenvalue weighted by Crippen LogP contribution is -2.22. The molecule has 160 valence electrons. The van der Waals surface area contributed by atoms with E-state index < -0.39 is 4.92 Å². The van der Waals surface area contributed by atoms with Crippen molar-refractivity contribution in [1.82, 2.24) is 9.78 Å². The topological polar surface area (TPSA) is 73.4 Å². The summed E-state index contributed by atoms with van der Waals surface area (Å²) in [5.74, 6) is 1.29. The number of hydrogen-bond acceptors (Lipinski definition) is 5. The summed E-state index contributed by atoms with van der Waals surface area (Å²) in [7, 11) is 0. The third kappa shape index (κ3) is 4.84. The van der Waals surface area contributed by atoms with Crippen LogP contribution < -0.4 is 9.64 Å². The SMILES string of the molecule is O=[N+]([O-])C=Cc1c(COc2ccc(Cl)cc2Cl)nn(-c2ccccc2)c1N1CCCC1. The van der Waals surface area contributed by atoms with Gasteiger partial charge < -0.3 is 9.64 Å². The Morgan fingerprint density at radius 3 is 2.55 bits per heavy atom. The first kappa shape index (κ1) is 21.2. The van der Waals surface area contributed by atoms with Gasteiger partial charge in [-0.3, -0.25) is 10.1 Å². The summed E-state index contributed by atoms with van der Waals surface area (Å²) in [6, 6.07) is 14.7. The average molecular weight is 459 g/mol. The molecule has 1 aliphatic rings. The van der Waals surface area contributed by atoms with Crippen LogP contribution in [0.5, 0.6) is 5.75 Å². The predicted octanol–water partition coefficient (Wildman–Crippen LogP) is 5.61. The Balaban J connectivity index is 1.78. The van der Waals surface area contributed by atoms with E-state index in [1.54, 1.807) is 18.2 Å². The van der Waals surface area contributed by atoms with Crippen LogP contribution in [-0.4, -0.2) is 27.8 Å². The van der Waals surface area contributed by atoms with Crippen molar-refractivity contribution in [3.8, 4) is 11.4 Å². The van der Waals surface area contributed by atoms with E-state index in [0.717, 1.165) is 43.6 Å². The highest BCUT2D eigenvalue weighted by atomic mass is 35.5. The van der Waals surface area contributed by atoms with Crippen molar-refractivity contribution in [3.05, 3.63) is 86.1 Å². The number of ether oxygens (including phenoxy) is 1. The maximum absolute atomic E-state index is 11.1. The first-order chi connectivity index (χ1) is 15.0. The molecule has 3 aromatic rings. The van der Waals surface area contributed by atoms with Crippen LogP contribution >= 0.6 is 23.2 Å². The van der Waals surface area contributed by atoms with E-state index in [0.29, 0.717) is 27.1 Å². The van der Waals surface area contributed by atoms with Gasteiger partial charge in [0.2, 0.25) is 6.20 Å². The van der Waals surface area contributed by atoms with E-state index in [1.807, 2.05) is 35.0 Å². The molecule has 9 heteroatoms. The van der Waals surface area contributed by atoms with E-state index in [1.165, 1.54) is 6.08 Å². The minimum Gasteiger partial charge on any atom is -0.486 e. The summed E-state index contributed by atoms with van der Waals surface area (Å²) in [5, 5.41) is 16.7. The van der Waals surface area contributed by atoms with E-state index >= 15 is 0 Å². The summed E-state index contributed by atoms with van der Waals surface area (Å²) >= 11 is 12.2. The first-order valence-electron chi connectivity index (χ1n) is 9.85. The van der Waals surface area contributed by atoms with Gasteiger partial charge >= 0.3 is 0 Å². The first-order valence-corrected chi connectivity index (χ1v) is 10.6. The fraction of sp³-hybridized carbons (Fsp3) is 0.227. The van der Waals surface area contributed by atoms with Gasteiger partial charge in [0.05, 0.1) is 21.2 Å². The minimum absolute atomic E-state index is 0.0966. The Kier molecular flexibility index (Phi) is 6.44. The molecule has 1 fully saturated rings. The zero-order valence-electron chi connectivity index (χ0n) is 16.6. The number of aromatic nitrogens is 2. The van der Waals surface area contributed by atoms with E-state index in [9.17, 15) is 10.1 Å². The number of anilines is 1. The van der Waals surface area contributed by atoms with Crippen LogP contribution in [0.4, 0.5) is 5.82 Å². The van der Waals surface area contributed by atoms with Gasteiger partial charge in [0, 0.05) is 24.2 Å². The molecule has 0 saturated carbocycles. The molecule has 0 atom stereocenters. The summed E-state index contributed by atoms with van der Waals surface area (Å²) in [6.45, 7) is 1.82. The molecular weight excluding hydrogens is 439 g/mol. The Bertz CT molecular complexity index is 1110. The van der Waals surface area contributed by atoms with Gasteiger partial charge in [-0.25, -0.2) is 4.68 Å². The van der Waals surface area contributed by atoms with Crippen molar-refractivity contribution >= 4 is 35.1 Å². The number of benzene rings is 2. The Morgan fingerprint density at radius 2 is 1.87 bits per heavy atom. The number of nitro groups is 1. The highest BCUT2D eigenvalue weighted by Gasteiger charge is 2.25. The van der Waals surface area contributed by atoms with Crippen LogP contribution in [0.2, 0.25) is 10.0 Å². The molecule has 0 amide bonds. The molecule has 1 saturated heterocycles. The standard InChI is InChI=1S/C22H20Cl2N4O3/c23-16-8-9-21(19(24)14-16)31-15-20-18(10-13-27(29)30)22(26-11-4-5-12-26)28(25-20)17-6-2-1-3-7-17/h1-3,6-10,13-14H,4-5,11-12,15H2. The molecule has 7 nitrogen and oxygen atoms in total. The van der Waals surface area contributed by atoms with Crippen molar-refractivity contribution in [2.45, 2.75) is 19.4 Å². The fourth-order valence-corrected chi connectivity index (χ4v) is 4.06. The summed E-state index contributed by atoms with van der Waals surface area (Å²) in [4.78, 5) is 12.8. The molecule has 0 unspecified atom stereocenters. The van der Waals surface area contributed by atoms with Crippen LogP contribution in [0.1, 0.15) is 24.1 Å². The summed E-state index contributed by atoms with van der Waals surface area (Å²) in [5.41, 5.74) is 2.11. The van der Waals surface area contributed by atoms with Crippen molar-refractivity contribution in [2.75, 3.05) is 18.0 Å². The highest BCUT2D eigenvalue weighted by molar-refractivity contribution is 6.35. The summed E-state index contributed by atoms with van der Waals surface area (Å²) in [6.07, 6.45) is 4.54. The van der Waals surface area contributed by atoms with Gasteiger partial charge in [-0.05, 0) is 43.2 Å². The predicted molar refractivity (Wildman–Crippen MR) is 122 cm³/mol. The summed E-state index contributed by atoms with van der Waals surface area (Å²) < 4.78 is 7.73. The van der Waals surface area contributed by atoms with Crippen LogP contribution in [0.15, 0.2) is 54.7 Å². The van der Waals surface area contributed by atoms with Crippen molar-refractivity contribution < 1.29 is 9.66 Å². The highest BCUT2D eigenvalue weighted by Crippen LogP contribution is 2.33. The normalized spacial score (nSPS) is 13.8.